The number of nitrogens with zero attached hydrogens (tertiary/aromatic N) is 5. The number of tetrazole rings is 1. The maximum atomic E-state index is 13.0. The predicted molar refractivity (Wildman–Crippen MR) is 116 cm³/mol. The Kier molecular flexibility index (Phi) is 5.46. The highest BCUT2D eigenvalue weighted by molar-refractivity contribution is 7.92. The Bertz CT molecular complexity index is 1310. The van der Waals surface area contributed by atoms with Crippen LogP contribution in [0.2, 0.25) is 0 Å². The summed E-state index contributed by atoms with van der Waals surface area (Å²) >= 11 is 0. The van der Waals surface area contributed by atoms with E-state index >= 15 is 0 Å². The Labute approximate surface area is 179 Å². The second kappa shape index (κ2) is 8.36. The van der Waals surface area contributed by atoms with E-state index in [-0.39, 0.29) is 10.8 Å². The van der Waals surface area contributed by atoms with Crippen LogP contribution in [0.25, 0.3) is 5.69 Å². The van der Waals surface area contributed by atoms with Crippen molar-refractivity contribution in [2.75, 3.05) is 16.7 Å². The minimum Gasteiger partial charge on any atom is -0.322 e. The molecule has 0 bridgehead atoms. The smallest absolute Gasteiger partial charge is 0.264 e. The molecule has 4 rings (SSSR count). The van der Waals surface area contributed by atoms with E-state index in [1.165, 1.54) is 34.5 Å². The molecule has 0 unspecified atom stereocenters. The number of aromatic nitrogens is 4. The SMILES string of the molecule is CN(c1ccccc1)S(=O)(=O)c1cccc(NC(=O)c2cccc(-n3cnnn3)c2)c1. The topological polar surface area (TPSA) is 110 Å². The van der Waals surface area contributed by atoms with Crippen LogP contribution in [0.4, 0.5) is 11.4 Å². The van der Waals surface area contributed by atoms with Crippen LogP contribution in [0.3, 0.4) is 0 Å². The summed E-state index contributed by atoms with van der Waals surface area (Å²) in [5, 5.41) is 13.7. The highest BCUT2D eigenvalue weighted by Crippen LogP contribution is 2.24. The largest absolute Gasteiger partial charge is 0.322 e. The average Bonchev–Trinajstić information content (AvgIpc) is 3.34. The van der Waals surface area contributed by atoms with E-state index in [1.807, 2.05) is 6.07 Å². The molecule has 0 atom stereocenters. The Morgan fingerprint density at radius 3 is 2.48 bits per heavy atom. The van der Waals surface area contributed by atoms with E-state index in [0.717, 1.165) is 0 Å². The van der Waals surface area contributed by atoms with Gasteiger partial charge in [0.25, 0.3) is 15.9 Å². The zero-order chi connectivity index (χ0) is 21.8. The third kappa shape index (κ3) is 4.28. The van der Waals surface area contributed by atoms with Crippen molar-refractivity contribution in [3.05, 3.63) is 90.8 Å². The quantitative estimate of drug-likeness (QED) is 0.500. The first-order valence-electron chi connectivity index (χ1n) is 9.24. The third-order valence-electron chi connectivity index (χ3n) is 4.59. The number of nitrogens with one attached hydrogen (secondary N) is 1. The molecule has 9 nitrogen and oxygen atoms in total. The van der Waals surface area contributed by atoms with Gasteiger partial charge in [-0.3, -0.25) is 9.10 Å². The van der Waals surface area contributed by atoms with E-state index < -0.39 is 10.0 Å². The first kappa shape index (κ1) is 20.2. The highest BCUT2D eigenvalue weighted by Gasteiger charge is 2.21. The van der Waals surface area contributed by atoms with Gasteiger partial charge in [-0.05, 0) is 59.0 Å². The second-order valence-electron chi connectivity index (χ2n) is 6.59. The summed E-state index contributed by atoms with van der Waals surface area (Å²) < 4.78 is 28.6. The van der Waals surface area contributed by atoms with Crippen molar-refractivity contribution >= 4 is 27.3 Å². The summed E-state index contributed by atoms with van der Waals surface area (Å²) in [5.74, 6) is -0.388. The molecular weight excluding hydrogens is 416 g/mol. The lowest BCUT2D eigenvalue weighted by molar-refractivity contribution is 0.102. The van der Waals surface area contributed by atoms with Crippen LogP contribution in [-0.4, -0.2) is 41.6 Å². The monoisotopic (exact) mass is 434 g/mol. The van der Waals surface area contributed by atoms with Gasteiger partial charge >= 0.3 is 0 Å². The van der Waals surface area contributed by atoms with E-state index in [9.17, 15) is 13.2 Å². The van der Waals surface area contributed by atoms with Gasteiger partial charge in [0.2, 0.25) is 0 Å². The van der Waals surface area contributed by atoms with Crippen molar-refractivity contribution in [3.8, 4) is 5.69 Å². The van der Waals surface area contributed by atoms with Crippen LogP contribution in [-0.2, 0) is 10.0 Å². The molecule has 1 aromatic heterocycles. The van der Waals surface area contributed by atoms with Crippen LogP contribution >= 0.6 is 0 Å². The number of amides is 1. The summed E-state index contributed by atoms with van der Waals surface area (Å²) in [6, 6.07) is 21.6. The molecule has 1 amide bonds. The molecule has 0 spiro atoms. The van der Waals surface area contributed by atoms with Gasteiger partial charge in [0.15, 0.2) is 0 Å². The van der Waals surface area contributed by atoms with Gasteiger partial charge in [0, 0.05) is 18.3 Å². The number of carbonyl (C=O) groups is 1. The minimum atomic E-state index is -3.79. The zero-order valence-electron chi connectivity index (χ0n) is 16.5. The molecular formula is C21H18N6O3S. The molecule has 0 aliphatic carbocycles. The predicted octanol–water partition coefficient (Wildman–Crippen LogP) is 2.74. The van der Waals surface area contributed by atoms with Crippen molar-refractivity contribution in [1.29, 1.82) is 0 Å². The molecule has 3 aromatic carbocycles. The lowest BCUT2D eigenvalue weighted by Gasteiger charge is -2.20. The Morgan fingerprint density at radius 1 is 0.968 bits per heavy atom. The number of benzene rings is 3. The standard InChI is InChI=1S/C21H18N6O3S/c1-26(18-9-3-2-4-10-18)31(29,30)20-12-6-8-17(14-20)23-21(28)16-7-5-11-19(13-16)27-15-22-24-25-27/h2-15H,1H3,(H,23,28). The summed E-state index contributed by atoms with van der Waals surface area (Å²) in [4.78, 5) is 12.8. The number of para-hydroxylation sites is 1. The van der Waals surface area contributed by atoms with Gasteiger partial charge in [-0.25, -0.2) is 13.1 Å². The number of sulfonamides is 1. The van der Waals surface area contributed by atoms with Gasteiger partial charge in [0.05, 0.1) is 16.3 Å². The van der Waals surface area contributed by atoms with Crippen molar-refractivity contribution in [2.24, 2.45) is 0 Å². The van der Waals surface area contributed by atoms with E-state index in [0.29, 0.717) is 22.6 Å². The van der Waals surface area contributed by atoms with Crippen LogP contribution in [0.1, 0.15) is 10.4 Å². The van der Waals surface area contributed by atoms with E-state index in [4.69, 9.17) is 0 Å². The number of rotatable bonds is 6. The van der Waals surface area contributed by atoms with Gasteiger partial charge in [-0.15, -0.1) is 5.10 Å². The zero-order valence-corrected chi connectivity index (χ0v) is 17.3. The fraction of sp³-hybridized carbons (Fsp3) is 0.0476. The summed E-state index contributed by atoms with van der Waals surface area (Å²) in [7, 11) is -2.31. The molecule has 0 fully saturated rings. The molecule has 0 aliphatic rings. The number of hydrogen-bond acceptors (Lipinski definition) is 6. The number of hydrogen-bond donors (Lipinski definition) is 1. The van der Waals surface area contributed by atoms with Crippen LogP contribution in [0.15, 0.2) is 90.1 Å². The summed E-state index contributed by atoms with van der Waals surface area (Å²) in [5.41, 5.74) is 1.90. The fourth-order valence-corrected chi connectivity index (χ4v) is 4.18. The van der Waals surface area contributed by atoms with Crippen LogP contribution < -0.4 is 9.62 Å². The normalized spacial score (nSPS) is 11.1. The fourth-order valence-electron chi connectivity index (χ4n) is 2.94. The van der Waals surface area contributed by atoms with Crippen molar-refractivity contribution in [2.45, 2.75) is 4.90 Å². The number of carbonyl (C=O) groups excluding carboxylic acids is 1. The van der Waals surface area contributed by atoms with Crippen LogP contribution in [0, 0.1) is 0 Å². The van der Waals surface area contributed by atoms with Crippen molar-refractivity contribution in [3.63, 3.8) is 0 Å². The minimum absolute atomic E-state index is 0.0686. The molecule has 0 saturated heterocycles. The van der Waals surface area contributed by atoms with Gasteiger partial charge in [-0.2, -0.15) is 0 Å². The lowest BCUT2D eigenvalue weighted by Crippen LogP contribution is -2.26. The highest BCUT2D eigenvalue weighted by atomic mass is 32.2. The molecule has 31 heavy (non-hydrogen) atoms. The van der Waals surface area contributed by atoms with Gasteiger partial charge in [0.1, 0.15) is 6.33 Å². The van der Waals surface area contributed by atoms with Gasteiger partial charge in [-0.1, -0.05) is 30.3 Å². The molecule has 0 saturated carbocycles. The Hall–Kier alpha value is -4.05. The maximum absolute atomic E-state index is 13.0. The van der Waals surface area contributed by atoms with E-state index in [1.54, 1.807) is 60.7 Å². The molecule has 0 radical (unpaired) electrons. The van der Waals surface area contributed by atoms with Crippen LogP contribution in [0.5, 0.6) is 0 Å². The maximum Gasteiger partial charge on any atom is 0.264 e. The summed E-state index contributed by atoms with van der Waals surface area (Å²) in [6.07, 6.45) is 1.43. The first-order valence-corrected chi connectivity index (χ1v) is 10.7. The number of anilines is 2. The molecule has 1 heterocycles. The molecule has 1 N–H and O–H groups in total. The molecule has 156 valence electrons. The summed E-state index contributed by atoms with van der Waals surface area (Å²) in [6.45, 7) is 0. The second-order valence-corrected chi connectivity index (χ2v) is 8.56. The van der Waals surface area contributed by atoms with Crippen molar-refractivity contribution < 1.29 is 13.2 Å². The molecule has 10 heteroatoms. The molecule has 4 aromatic rings. The van der Waals surface area contributed by atoms with E-state index in [2.05, 4.69) is 20.8 Å². The molecule has 0 aliphatic heterocycles. The first-order chi connectivity index (χ1) is 14.9. The third-order valence-corrected chi connectivity index (χ3v) is 6.37. The Balaban J connectivity index is 1.56. The van der Waals surface area contributed by atoms with Gasteiger partial charge < -0.3 is 5.32 Å². The van der Waals surface area contributed by atoms with Crippen molar-refractivity contribution in [1.82, 2.24) is 20.2 Å². The average molecular weight is 434 g/mol. The lowest BCUT2D eigenvalue weighted by atomic mass is 10.2. The Morgan fingerprint density at radius 2 is 1.74 bits per heavy atom.